The van der Waals surface area contributed by atoms with Crippen molar-refractivity contribution in [3.63, 3.8) is 0 Å². The van der Waals surface area contributed by atoms with Crippen molar-refractivity contribution in [2.45, 2.75) is 39.2 Å². The van der Waals surface area contributed by atoms with E-state index in [1.54, 1.807) is 6.26 Å². The Hall–Kier alpha value is -2.23. The predicted octanol–water partition coefficient (Wildman–Crippen LogP) is 3.45. The smallest absolute Gasteiger partial charge is 0.315 e. The molecule has 4 heteroatoms. The van der Waals surface area contributed by atoms with Gasteiger partial charge in [-0.1, -0.05) is 24.3 Å². The Kier molecular flexibility index (Phi) is 6.07. The van der Waals surface area contributed by atoms with E-state index in [0.29, 0.717) is 6.54 Å². The molecule has 22 heavy (non-hydrogen) atoms. The molecule has 2 N–H and O–H groups in total. The van der Waals surface area contributed by atoms with Crippen LogP contribution in [0.3, 0.4) is 0 Å². The van der Waals surface area contributed by atoms with Gasteiger partial charge in [-0.3, -0.25) is 0 Å². The zero-order valence-corrected chi connectivity index (χ0v) is 13.3. The summed E-state index contributed by atoms with van der Waals surface area (Å²) in [7, 11) is 0. The summed E-state index contributed by atoms with van der Waals surface area (Å²) in [4.78, 5) is 11.8. The van der Waals surface area contributed by atoms with Crippen molar-refractivity contribution in [1.82, 2.24) is 10.6 Å². The van der Waals surface area contributed by atoms with Gasteiger partial charge < -0.3 is 15.1 Å². The van der Waals surface area contributed by atoms with E-state index in [1.165, 1.54) is 11.1 Å². The number of urea groups is 1. The minimum absolute atomic E-state index is 0.111. The highest BCUT2D eigenvalue weighted by Gasteiger charge is 2.08. The third-order valence-corrected chi connectivity index (χ3v) is 3.72. The molecule has 1 aromatic heterocycles. The molecule has 0 saturated carbocycles. The molecule has 118 valence electrons. The first-order chi connectivity index (χ1) is 10.6. The number of benzene rings is 1. The highest BCUT2D eigenvalue weighted by molar-refractivity contribution is 5.74. The molecule has 2 rings (SSSR count). The van der Waals surface area contributed by atoms with Crippen LogP contribution in [0.2, 0.25) is 0 Å². The summed E-state index contributed by atoms with van der Waals surface area (Å²) in [5.41, 5.74) is 2.53. The highest BCUT2D eigenvalue weighted by atomic mass is 16.3. The number of nitrogens with one attached hydrogen (secondary N) is 2. The maximum absolute atomic E-state index is 11.8. The van der Waals surface area contributed by atoms with Crippen LogP contribution in [-0.2, 0) is 12.8 Å². The molecule has 2 amide bonds. The fourth-order valence-corrected chi connectivity index (χ4v) is 2.36. The summed E-state index contributed by atoms with van der Waals surface area (Å²) >= 11 is 0. The molecule has 0 fully saturated rings. The lowest BCUT2D eigenvalue weighted by Gasteiger charge is -2.14. The van der Waals surface area contributed by atoms with Crippen molar-refractivity contribution in [3.05, 3.63) is 59.5 Å². The van der Waals surface area contributed by atoms with E-state index in [-0.39, 0.29) is 12.1 Å². The molecule has 0 saturated heterocycles. The molecule has 0 radical (unpaired) electrons. The van der Waals surface area contributed by atoms with Gasteiger partial charge >= 0.3 is 6.03 Å². The van der Waals surface area contributed by atoms with Crippen LogP contribution in [0.5, 0.6) is 0 Å². The molecule has 2 aromatic rings. The average molecular weight is 300 g/mol. The maximum atomic E-state index is 11.8. The van der Waals surface area contributed by atoms with E-state index < -0.39 is 0 Å². The van der Waals surface area contributed by atoms with Gasteiger partial charge in [0.25, 0.3) is 0 Å². The van der Waals surface area contributed by atoms with Gasteiger partial charge in [-0.05, 0) is 49.9 Å². The molecule has 1 aromatic carbocycles. The zero-order valence-electron chi connectivity index (χ0n) is 13.3. The molecule has 0 aliphatic heterocycles. The molecule has 0 spiro atoms. The first-order valence-corrected chi connectivity index (χ1v) is 7.76. The van der Waals surface area contributed by atoms with Gasteiger partial charge in [0.1, 0.15) is 5.76 Å². The average Bonchev–Trinajstić information content (AvgIpc) is 3.00. The minimum atomic E-state index is -0.111. The quantitative estimate of drug-likeness (QED) is 0.823. The number of aryl methyl sites for hydroxylation is 2. The van der Waals surface area contributed by atoms with Gasteiger partial charge in [0.15, 0.2) is 0 Å². The maximum Gasteiger partial charge on any atom is 0.315 e. The third kappa shape index (κ3) is 5.28. The van der Waals surface area contributed by atoms with E-state index >= 15 is 0 Å². The van der Waals surface area contributed by atoms with Crippen LogP contribution in [0.4, 0.5) is 4.79 Å². The van der Waals surface area contributed by atoms with Crippen molar-refractivity contribution in [2.24, 2.45) is 0 Å². The molecule has 1 heterocycles. The number of furan rings is 1. The summed E-state index contributed by atoms with van der Waals surface area (Å²) in [6, 6.07) is 12.1. The Morgan fingerprint density at radius 2 is 2.00 bits per heavy atom. The van der Waals surface area contributed by atoms with Crippen molar-refractivity contribution in [1.29, 1.82) is 0 Å². The molecule has 0 unspecified atom stereocenters. The lowest BCUT2D eigenvalue weighted by Crippen LogP contribution is -2.41. The monoisotopic (exact) mass is 300 g/mol. The molecule has 0 aliphatic carbocycles. The highest BCUT2D eigenvalue weighted by Crippen LogP contribution is 2.07. The molecule has 0 aliphatic rings. The van der Waals surface area contributed by atoms with Crippen LogP contribution >= 0.6 is 0 Å². The molecular weight excluding hydrogens is 276 g/mol. The second kappa shape index (κ2) is 8.27. The Balaban J connectivity index is 1.64. The zero-order chi connectivity index (χ0) is 15.8. The second-order valence-corrected chi connectivity index (χ2v) is 5.60. The number of amides is 2. The second-order valence-electron chi connectivity index (χ2n) is 5.60. The number of hydrogen-bond acceptors (Lipinski definition) is 2. The Labute approximate surface area is 131 Å². The third-order valence-electron chi connectivity index (χ3n) is 3.72. The molecule has 0 bridgehead atoms. The molecule has 4 nitrogen and oxygen atoms in total. The number of carbonyl (C=O) groups excluding carboxylic acids is 1. The van der Waals surface area contributed by atoms with Gasteiger partial charge in [0.05, 0.1) is 6.26 Å². The molecular formula is C18H24N2O2. The summed E-state index contributed by atoms with van der Waals surface area (Å²) < 4.78 is 5.29. The van der Waals surface area contributed by atoms with Crippen molar-refractivity contribution < 1.29 is 9.21 Å². The number of carbonyl (C=O) groups is 1. The van der Waals surface area contributed by atoms with E-state index in [2.05, 4.69) is 29.7 Å². The van der Waals surface area contributed by atoms with E-state index in [9.17, 15) is 4.79 Å². The minimum Gasteiger partial charge on any atom is -0.469 e. The van der Waals surface area contributed by atoms with Crippen molar-refractivity contribution in [2.75, 3.05) is 6.54 Å². The molecule has 1 atom stereocenters. The Morgan fingerprint density at radius 1 is 1.18 bits per heavy atom. The van der Waals surface area contributed by atoms with Gasteiger partial charge in [-0.15, -0.1) is 0 Å². The predicted molar refractivity (Wildman–Crippen MR) is 87.9 cm³/mol. The number of hydrogen-bond donors (Lipinski definition) is 2. The van der Waals surface area contributed by atoms with Gasteiger partial charge in [-0.25, -0.2) is 4.79 Å². The Morgan fingerprint density at radius 3 is 2.73 bits per heavy atom. The normalized spacial score (nSPS) is 11.9. The first-order valence-electron chi connectivity index (χ1n) is 7.76. The van der Waals surface area contributed by atoms with Gasteiger partial charge in [0, 0.05) is 19.0 Å². The summed E-state index contributed by atoms with van der Waals surface area (Å²) in [5, 5.41) is 5.86. The summed E-state index contributed by atoms with van der Waals surface area (Å²) in [6.45, 7) is 4.73. The number of rotatable bonds is 7. The standard InChI is InChI=1S/C18H24N2O2/c1-14-6-3-4-7-16(14)11-12-19-18(21)20-15(2)9-10-17-8-5-13-22-17/h3-8,13,15H,9-12H2,1-2H3,(H2,19,20,21)/t15-/m0/s1. The van der Waals surface area contributed by atoms with Crippen LogP contribution in [-0.4, -0.2) is 18.6 Å². The fourth-order valence-electron chi connectivity index (χ4n) is 2.36. The summed E-state index contributed by atoms with van der Waals surface area (Å²) in [6.07, 6.45) is 4.21. The first kappa shape index (κ1) is 16.1. The summed E-state index contributed by atoms with van der Waals surface area (Å²) in [5.74, 6) is 0.952. The SMILES string of the molecule is Cc1ccccc1CCNC(=O)N[C@@H](C)CCc1ccco1. The van der Waals surface area contributed by atoms with Crippen molar-refractivity contribution >= 4 is 6.03 Å². The van der Waals surface area contributed by atoms with Crippen LogP contribution in [0.25, 0.3) is 0 Å². The van der Waals surface area contributed by atoms with Crippen molar-refractivity contribution in [3.8, 4) is 0 Å². The van der Waals surface area contributed by atoms with E-state index in [1.807, 2.05) is 31.2 Å². The van der Waals surface area contributed by atoms with E-state index in [0.717, 1.165) is 25.0 Å². The lowest BCUT2D eigenvalue weighted by molar-refractivity contribution is 0.237. The topological polar surface area (TPSA) is 54.3 Å². The van der Waals surface area contributed by atoms with E-state index in [4.69, 9.17) is 4.42 Å². The lowest BCUT2D eigenvalue weighted by atomic mass is 10.1. The van der Waals surface area contributed by atoms with Crippen LogP contribution in [0.1, 0.15) is 30.2 Å². The van der Waals surface area contributed by atoms with Crippen LogP contribution < -0.4 is 10.6 Å². The van der Waals surface area contributed by atoms with Gasteiger partial charge in [-0.2, -0.15) is 0 Å². The fraction of sp³-hybridized carbons (Fsp3) is 0.389. The Bertz CT molecular complexity index is 579. The van der Waals surface area contributed by atoms with Gasteiger partial charge in [0.2, 0.25) is 0 Å². The van der Waals surface area contributed by atoms with Crippen LogP contribution in [0, 0.1) is 6.92 Å². The van der Waals surface area contributed by atoms with Crippen LogP contribution in [0.15, 0.2) is 47.1 Å². The largest absolute Gasteiger partial charge is 0.469 e.